The Morgan fingerprint density at radius 1 is 1.50 bits per heavy atom. The normalized spacial score (nSPS) is 13.1. The molecule has 2 N–H and O–H groups in total. The number of nitrogens with two attached hydrogens (primary N) is 1. The Morgan fingerprint density at radius 2 is 2.28 bits per heavy atom. The predicted octanol–water partition coefficient (Wildman–Crippen LogP) is 1.33. The van der Waals surface area contributed by atoms with Crippen molar-refractivity contribution in [1.29, 1.82) is 0 Å². The van der Waals surface area contributed by atoms with E-state index in [2.05, 4.69) is 9.97 Å². The number of nitrogens with zero attached hydrogens (tertiary/aromatic N) is 3. The van der Waals surface area contributed by atoms with Crippen LogP contribution in [0.5, 0.6) is 0 Å². The molecule has 0 aromatic carbocycles. The fourth-order valence-electron chi connectivity index (χ4n) is 1.77. The molecule has 0 amide bonds. The summed E-state index contributed by atoms with van der Waals surface area (Å²) >= 11 is 5.87. The first kappa shape index (κ1) is 13.1. The molecule has 2 heterocycles. The number of ether oxygens (including phenoxy) is 2. The van der Waals surface area contributed by atoms with Gasteiger partial charge in [-0.1, -0.05) is 11.6 Å². The van der Waals surface area contributed by atoms with Crippen molar-refractivity contribution in [2.45, 2.75) is 12.6 Å². The highest BCUT2D eigenvalue weighted by Crippen LogP contribution is 2.19. The van der Waals surface area contributed by atoms with E-state index in [0.717, 1.165) is 0 Å². The first-order valence-electron chi connectivity index (χ1n) is 5.44. The van der Waals surface area contributed by atoms with Crippen LogP contribution in [0.4, 0.5) is 5.95 Å². The molecule has 7 heteroatoms. The molecule has 2 rings (SSSR count). The van der Waals surface area contributed by atoms with Gasteiger partial charge in [0.15, 0.2) is 5.65 Å². The number of rotatable bonds is 5. The van der Waals surface area contributed by atoms with Crippen LogP contribution in [0.25, 0.3) is 11.2 Å². The largest absolute Gasteiger partial charge is 0.382 e. The van der Waals surface area contributed by atoms with Crippen molar-refractivity contribution < 1.29 is 9.47 Å². The fourth-order valence-corrected chi connectivity index (χ4v) is 1.92. The van der Waals surface area contributed by atoms with Crippen molar-refractivity contribution in [2.24, 2.45) is 0 Å². The lowest BCUT2D eigenvalue weighted by atomic mass is 10.3. The zero-order chi connectivity index (χ0) is 13.1. The van der Waals surface area contributed by atoms with Crippen molar-refractivity contribution in [3.8, 4) is 0 Å². The van der Waals surface area contributed by atoms with E-state index in [1.165, 1.54) is 0 Å². The van der Waals surface area contributed by atoms with Crippen LogP contribution in [-0.4, -0.2) is 41.5 Å². The number of hydrogen-bond donors (Lipinski definition) is 1. The van der Waals surface area contributed by atoms with Gasteiger partial charge < -0.3 is 15.2 Å². The zero-order valence-corrected chi connectivity index (χ0v) is 11.0. The van der Waals surface area contributed by atoms with E-state index in [0.29, 0.717) is 35.3 Å². The maximum absolute atomic E-state index is 5.87. The summed E-state index contributed by atoms with van der Waals surface area (Å²) in [5.74, 6) is 0.387. The Hall–Kier alpha value is -1.37. The molecule has 0 bridgehead atoms. The second kappa shape index (κ2) is 5.51. The van der Waals surface area contributed by atoms with Crippen LogP contribution >= 0.6 is 11.6 Å². The minimum absolute atomic E-state index is 0.104. The molecule has 0 aliphatic heterocycles. The summed E-state index contributed by atoms with van der Waals surface area (Å²) in [4.78, 5) is 8.46. The summed E-state index contributed by atoms with van der Waals surface area (Å²) in [6.45, 7) is 1.00. The van der Waals surface area contributed by atoms with E-state index in [-0.39, 0.29) is 6.10 Å². The van der Waals surface area contributed by atoms with Crippen LogP contribution in [0.1, 0.15) is 0 Å². The summed E-state index contributed by atoms with van der Waals surface area (Å²) in [7, 11) is 3.25. The Bertz CT molecular complexity index is 543. The molecule has 18 heavy (non-hydrogen) atoms. The highest BCUT2D eigenvalue weighted by Gasteiger charge is 2.15. The van der Waals surface area contributed by atoms with Gasteiger partial charge in [-0.2, -0.15) is 0 Å². The number of aromatic nitrogens is 3. The van der Waals surface area contributed by atoms with Gasteiger partial charge in [-0.15, -0.1) is 0 Å². The van der Waals surface area contributed by atoms with Crippen LogP contribution < -0.4 is 5.73 Å². The second-order valence-electron chi connectivity index (χ2n) is 3.89. The third kappa shape index (κ3) is 2.55. The Labute approximate surface area is 110 Å². The number of anilines is 1. The third-order valence-electron chi connectivity index (χ3n) is 2.65. The van der Waals surface area contributed by atoms with E-state index in [9.17, 15) is 0 Å². The number of methoxy groups -OCH3 is 2. The lowest BCUT2D eigenvalue weighted by molar-refractivity contribution is 0.0192. The maximum atomic E-state index is 5.87. The molecule has 0 aliphatic carbocycles. The van der Waals surface area contributed by atoms with Gasteiger partial charge in [0.1, 0.15) is 5.52 Å². The second-order valence-corrected chi connectivity index (χ2v) is 4.33. The number of imidazole rings is 1. The lowest BCUT2D eigenvalue weighted by Crippen LogP contribution is -2.24. The SMILES string of the molecule is COCC(Cn1c(N)nc2cc(Cl)cnc21)OC. The smallest absolute Gasteiger partial charge is 0.202 e. The molecule has 0 fully saturated rings. The van der Waals surface area contributed by atoms with Gasteiger partial charge in [0.2, 0.25) is 5.95 Å². The van der Waals surface area contributed by atoms with E-state index >= 15 is 0 Å². The highest BCUT2D eigenvalue weighted by atomic mass is 35.5. The molecule has 2 aromatic rings. The van der Waals surface area contributed by atoms with Gasteiger partial charge in [-0.3, -0.25) is 4.57 Å². The first-order valence-corrected chi connectivity index (χ1v) is 5.82. The number of nitrogen functional groups attached to an aromatic ring is 1. The lowest BCUT2D eigenvalue weighted by Gasteiger charge is -2.15. The number of hydrogen-bond acceptors (Lipinski definition) is 5. The minimum atomic E-state index is -0.104. The van der Waals surface area contributed by atoms with Gasteiger partial charge in [0.25, 0.3) is 0 Å². The van der Waals surface area contributed by atoms with Crippen molar-refractivity contribution in [2.75, 3.05) is 26.6 Å². The summed E-state index contributed by atoms with van der Waals surface area (Å²) in [6.07, 6.45) is 1.46. The summed E-state index contributed by atoms with van der Waals surface area (Å²) in [5, 5.41) is 0.535. The van der Waals surface area contributed by atoms with Crippen molar-refractivity contribution >= 4 is 28.7 Å². The molecule has 6 nitrogen and oxygen atoms in total. The molecule has 0 saturated carbocycles. The van der Waals surface area contributed by atoms with Gasteiger partial charge >= 0.3 is 0 Å². The topological polar surface area (TPSA) is 75.2 Å². The predicted molar refractivity (Wildman–Crippen MR) is 69.6 cm³/mol. The van der Waals surface area contributed by atoms with Crippen LogP contribution in [0, 0.1) is 0 Å². The Balaban J connectivity index is 2.34. The van der Waals surface area contributed by atoms with E-state index in [1.807, 2.05) is 0 Å². The Kier molecular flexibility index (Phi) is 4.00. The molecular formula is C11H15ClN4O2. The maximum Gasteiger partial charge on any atom is 0.202 e. The van der Waals surface area contributed by atoms with Crippen LogP contribution in [-0.2, 0) is 16.0 Å². The summed E-state index contributed by atoms with van der Waals surface area (Å²) in [6, 6.07) is 1.73. The summed E-state index contributed by atoms with van der Waals surface area (Å²) < 4.78 is 12.2. The molecule has 0 aliphatic rings. The average Bonchev–Trinajstić information content (AvgIpc) is 2.64. The molecule has 0 spiro atoms. The Morgan fingerprint density at radius 3 is 2.94 bits per heavy atom. The molecule has 1 atom stereocenters. The average molecular weight is 271 g/mol. The van der Waals surface area contributed by atoms with Gasteiger partial charge in [-0.05, 0) is 6.07 Å². The molecule has 1 unspecified atom stereocenters. The molecule has 0 radical (unpaired) electrons. The van der Waals surface area contributed by atoms with Gasteiger partial charge in [0.05, 0.1) is 24.3 Å². The first-order chi connectivity index (χ1) is 8.65. The van der Waals surface area contributed by atoms with Crippen molar-refractivity contribution in [1.82, 2.24) is 14.5 Å². The molecule has 0 saturated heterocycles. The van der Waals surface area contributed by atoms with Crippen LogP contribution in [0.2, 0.25) is 5.02 Å². The zero-order valence-electron chi connectivity index (χ0n) is 10.3. The molecular weight excluding hydrogens is 256 g/mol. The van der Waals surface area contributed by atoms with Gasteiger partial charge in [-0.25, -0.2) is 9.97 Å². The molecule has 2 aromatic heterocycles. The van der Waals surface area contributed by atoms with Crippen molar-refractivity contribution in [3.63, 3.8) is 0 Å². The summed E-state index contributed by atoms with van der Waals surface area (Å²) in [5.41, 5.74) is 7.24. The van der Waals surface area contributed by atoms with E-state index < -0.39 is 0 Å². The van der Waals surface area contributed by atoms with Crippen LogP contribution in [0.15, 0.2) is 12.3 Å². The van der Waals surface area contributed by atoms with E-state index in [1.54, 1.807) is 31.0 Å². The highest BCUT2D eigenvalue weighted by molar-refractivity contribution is 6.31. The number of fused-ring (bicyclic) bond motifs is 1. The quantitative estimate of drug-likeness (QED) is 0.887. The number of halogens is 1. The van der Waals surface area contributed by atoms with Crippen molar-refractivity contribution in [3.05, 3.63) is 17.3 Å². The monoisotopic (exact) mass is 270 g/mol. The number of pyridine rings is 1. The van der Waals surface area contributed by atoms with Gasteiger partial charge in [0, 0.05) is 20.4 Å². The van der Waals surface area contributed by atoms with E-state index in [4.69, 9.17) is 26.8 Å². The standard InChI is InChI=1S/C11H15ClN4O2/c1-17-6-8(18-2)5-16-10-9(15-11(16)13)3-7(12)4-14-10/h3-4,8H,5-6H2,1-2H3,(H2,13,15). The fraction of sp³-hybridized carbons (Fsp3) is 0.455. The minimum Gasteiger partial charge on any atom is -0.382 e. The molecule has 98 valence electrons. The third-order valence-corrected chi connectivity index (χ3v) is 2.86. The van der Waals surface area contributed by atoms with Crippen LogP contribution in [0.3, 0.4) is 0 Å².